The molecule has 186 valence electrons. The van der Waals surface area contributed by atoms with Crippen LogP contribution >= 0.6 is 11.6 Å². The predicted molar refractivity (Wildman–Crippen MR) is 135 cm³/mol. The summed E-state index contributed by atoms with van der Waals surface area (Å²) in [6.45, 7) is 1.53. The largest absolute Gasteiger partial charge is 0.495 e. The van der Waals surface area contributed by atoms with E-state index in [-0.39, 0.29) is 22.9 Å². The number of halogens is 1. The second-order valence-electron chi connectivity index (χ2n) is 7.61. The van der Waals surface area contributed by atoms with Crippen molar-refractivity contribution in [2.75, 3.05) is 32.2 Å². The Morgan fingerprint density at radius 3 is 2.14 bits per heavy atom. The van der Waals surface area contributed by atoms with Crippen LogP contribution in [-0.2, 0) is 21.4 Å². The molecule has 0 fully saturated rings. The van der Waals surface area contributed by atoms with E-state index in [0.717, 1.165) is 15.4 Å². The number of rotatable bonds is 10. The monoisotopic (exact) mass is 518 g/mol. The molecule has 0 heterocycles. The van der Waals surface area contributed by atoms with Crippen LogP contribution in [0.2, 0.25) is 5.02 Å². The molecule has 0 saturated carbocycles. The summed E-state index contributed by atoms with van der Waals surface area (Å²) in [5, 5.41) is 3.06. The minimum atomic E-state index is -4.12. The zero-order chi connectivity index (χ0) is 25.6. The highest BCUT2D eigenvalue weighted by atomic mass is 35.5. The molecule has 0 saturated heterocycles. The van der Waals surface area contributed by atoms with Gasteiger partial charge < -0.3 is 19.5 Å². The zero-order valence-corrected chi connectivity index (χ0v) is 21.4. The molecule has 0 spiro atoms. The third-order valence-corrected chi connectivity index (χ3v) is 7.25. The van der Waals surface area contributed by atoms with Gasteiger partial charge in [0.1, 0.15) is 12.3 Å². The molecule has 3 aromatic carbocycles. The number of nitrogens with zero attached hydrogens (tertiary/aromatic N) is 1. The van der Waals surface area contributed by atoms with Gasteiger partial charge in [-0.1, -0.05) is 35.4 Å². The Labute approximate surface area is 210 Å². The lowest BCUT2D eigenvalue weighted by Crippen LogP contribution is -2.40. The van der Waals surface area contributed by atoms with Crippen molar-refractivity contribution in [3.63, 3.8) is 0 Å². The first-order valence-electron chi connectivity index (χ1n) is 10.6. The van der Waals surface area contributed by atoms with E-state index in [4.69, 9.17) is 25.8 Å². The number of aryl methyl sites for hydroxylation is 1. The summed E-state index contributed by atoms with van der Waals surface area (Å²) in [6.07, 6.45) is 0. The summed E-state index contributed by atoms with van der Waals surface area (Å²) in [5.41, 5.74) is 1.81. The van der Waals surface area contributed by atoms with Gasteiger partial charge in [-0.25, -0.2) is 8.42 Å². The molecule has 8 nitrogen and oxygen atoms in total. The molecule has 10 heteroatoms. The van der Waals surface area contributed by atoms with Gasteiger partial charge in [-0.3, -0.25) is 9.10 Å². The van der Waals surface area contributed by atoms with Crippen LogP contribution in [0, 0.1) is 6.92 Å². The molecule has 35 heavy (non-hydrogen) atoms. The van der Waals surface area contributed by atoms with E-state index in [0.29, 0.717) is 16.5 Å². The van der Waals surface area contributed by atoms with Crippen LogP contribution in [0.1, 0.15) is 11.1 Å². The molecule has 3 rings (SSSR count). The van der Waals surface area contributed by atoms with Crippen molar-refractivity contribution in [3.05, 3.63) is 76.8 Å². The Bertz CT molecular complexity index is 1300. The summed E-state index contributed by atoms with van der Waals surface area (Å²) in [6, 6.07) is 16.2. The van der Waals surface area contributed by atoms with Crippen molar-refractivity contribution in [1.82, 2.24) is 5.32 Å². The average Bonchev–Trinajstić information content (AvgIpc) is 2.85. The SMILES string of the molecule is COc1ccc(CNC(=O)CN(c2cc(Cl)ccc2OC)S(=O)(=O)c2ccc(C)cc2)cc1OC. The van der Waals surface area contributed by atoms with Crippen molar-refractivity contribution >= 4 is 33.2 Å². The maximum Gasteiger partial charge on any atom is 0.264 e. The number of carbonyl (C=O) groups is 1. The quantitative estimate of drug-likeness (QED) is 0.432. The maximum absolute atomic E-state index is 13.6. The lowest BCUT2D eigenvalue weighted by atomic mass is 10.2. The summed E-state index contributed by atoms with van der Waals surface area (Å²) in [5.74, 6) is 0.827. The Balaban J connectivity index is 1.91. The van der Waals surface area contributed by atoms with Crippen LogP contribution in [0.15, 0.2) is 65.6 Å². The van der Waals surface area contributed by atoms with E-state index in [1.807, 2.05) is 6.92 Å². The second kappa shape index (κ2) is 11.3. The lowest BCUT2D eigenvalue weighted by Gasteiger charge is -2.26. The first-order valence-corrected chi connectivity index (χ1v) is 12.4. The summed E-state index contributed by atoms with van der Waals surface area (Å²) < 4.78 is 44.1. The Morgan fingerprint density at radius 2 is 1.51 bits per heavy atom. The highest BCUT2D eigenvalue weighted by Crippen LogP contribution is 2.35. The lowest BCUT2D eigenvalue weighted by molar-refractivity contribution is -0.119. The average molecular weight is 519 g/mol. The minimum Gasteiger partial charge on any atom is -0.495 e. The van der Waals surface area contributed by atoms with Crippen LogP contribution in [0.5, 0.6) is 17.2 Å². The zero-order valence-electron chi connectivity index (χ0n) is 19.9. The smallest absolute Gasteiger partial charge is 0.264 e. The Hall–Kier alpha value is -3.43. The standard InChI is InChI=1S/C25H27ClN2O6S/c1-17-5-9-20(10-6-17)35(30,31)28(21-14-19(26)8-12-22(21)32-2)16-25(29)27-15-18-7-11-23(33-3)24(13-18)34-4/h5-14H,15-16H2,1-4H3,(H,27,29). The van der Waals surface area contributed by atoms with Gasteiger partial charge >= 0.3 is 0 Å². The van der Waals surface area contributed by atoms with Gasteiger partial charge in [-0.15, -0.1) is 0 Å². The van der Waals surface area contributed by atoms with Crippen LogP contribution in [0.25, 0.3) is 0 Å². The van der Waals surface area contributed by atoms with Gasteiger partial charge in [0.2, 0.25) is 5.91 Å². The van der Waals surface area contributed by atoms with E-state index < -0.39 is 22.5 Å². The van der Waals surface area contributed by atoms with Gasteiger partial charge in [0, 0.05) is 11.6 Å². The van der Waals surface area contributed by atoms with Gasteiger partial charge in [0.15, 0.2) is 11.5 Å². The highest BCUT2D eigenvalue weighted by molar-refractivity contribution is 7.92. The van der Waals surface area contributed by atoms with Gasteiger partial charge in [0.05, 0.1) is 31.9 Å². The van der Waals surface area contributed by atoms with E-state index in [1.165, 1.54) is 39.5 Å². The van der Waals surface area contributed by atoms with Crippen LogP contribution in [0.3, 0.4) is 0 Å². The van der Waals surface area contributed by atoms with E-state index in [2.05, 4.69) is 5.32 Å². The molecular formula is C25H27ClN2O6S. The predicted octanol–water partition coefficient (Wildman–Crippen LogP) is 4.19. The Kier molecular flexibility index (Phi) is 8.48. The number of carbonyl (C=O) groups excluding carboxylic acids is 1. The van der Waals surface area contributed by atoms with Crippen LogP contribution < -0.4 is 23.8 Å². The number of methoxy groups -OCH3 is 3. The third-order valence-electron chi connectivity index (χ3n) is 5.24. The number of nitrogens with one attached hydrogen (secondary N) is 1. The fraction of sp³-hybridized carbons (Fsp3) is 0.240. The molecule has 0 aliphatic heterocycles. The molecule has 0 unspecified atom stereocenters. The first-order chi connectivity index (χ1) is 16.7. The number of ether oxygens (including phenoxy) is 3. The molecule has 0 bridgehead atoms. The van der Waals surface area contributed by atoms with Gasteiger partial charge in [-0.2, -0.15) is 0 Å². The number of sulfonamides is 1. The van der Waals surface area contributed by atoms with Gasteiger partial charge in [0.25, 0.3) is 10.0 Å². The van der Waals surface area contributed by atoms with Crippen molar-refractivity contribution in [2.45, 2.75) is 18.4 Å². The Morgan fingerprint density at radius 1 is 0.886 bits per heavy atom. The first kappa shape index (κ1) is 26.2. The summed E-state index contributed by atoms with van der Waals surface area (Å²) in [4.78, 5) is 13.0. The highest BCUT2D eigenvalue weighted by Gasteiger charge is 2.29. The molecule has 0 aromatic heterocycles. The molecule has 0 aliphatic carbocycles. The molecule has 1 N–H and O–H groups in total. The van der Waals surface area contributed by atoms with Crippen molar-refractivity contribution < 1.29 is 27.4 Å². The number of anilines is 1. The third kappa shape index (κ3) is 6.17. The van der Waals surface area contributed by atoms with Crippen molar-refractivity contribution in [2.24, 2.45) is 0 Å². The molecule has 3 aromatic rings. The molecule has 0 radical (unpaired) electrons. The number of benzene rings is 3. The summed E-state index contributed by atoms with van der Waals surface area (Å²) in [7, 11) is 0.351. The van der Waals surface area contributed by atoms with Crippen LogP contribution in [-0.4, -0.2) is 42.2 Å². The fourth-order valence-corrected chi connectivity index (χ4v) is 4.96. The normalized spacial score (nSPS) is 11.0. The maximum atomic E-state index is 13.6. The van der Waals surface area contributed by atoms with Crippen molar-refractivity contribution in [3.8, 4) is 17.2 Å². The topological polar surface area (TPSA) is 94.2 Å². The summed E-state index contributed by atoms with van der Waals surface area (Å²) >= 11 is 6.17. The molecular weight excluding hydrogens is 492 g/mol. The van der Waals surface area contributed by atoms with E-state index in [9.17, 15) is 13.2 Å². The minimum absolute atomic E-state index is 0.0396. The number of hydrogen-bond donors (Lipinski definition) is 1. The second-order valence-corrected chi connectivity index (χ2v) is 9.91. The van der Waals surface area contributed by atoms with Gasteiger partial charge in [-0.05, 0) is 55.0 Å². The fourth-order valence-electron chi connectivity index (χ4n) is 3.37. The van der Waals surface area contributed by atoms with E-state index >= 15 is 0 Å². The number of amides is 1. The number of hydrogen-bond acceptors (Lipinski definition) is 6. The molecule has 0 aliphatic rings. The molecule has 1 amide bonds. The van der Waals surface area contributed by atoms with Crippen molar-refractivity contribution in [1.29, 1.82) is 0 Å². The molecule has 0 atom stereocenters. The van der Waals surface area contributed by atoms with Crippen LogP contribution in [0.4, 0.5) is 5.69 Å². The van der Waals surface area contributed by atoms with E-state index in [1.54, 1.807) is 42.5 Å².